The molecule has 150 valence electrons. The van der Waals surface area contributed by atoms with Gasteiger partial charge in [0.2, 0.25) is 17.7 Å². The molecule has 1 saturated carbocycles. The number of piperazine rings is 1. The molecule has 0 aromatic heterocycles. The predicted molar refractivity (Wildman–Crippen MR) is 110 cm³/mol. The van der Waals surface area contributed by atoms with Gasteiger partial charge in [0.1, 0.15) is 0 Å². The number of hydrogen-bond acceptors (Lipinski definition) is 3. The predicted octanol–water partition coefficient (Wildman–Crippen LogP) is 2.27. The summed E-state index contributed by atoms with van der Waals surface area (Å²) in [6.07, 6.45) is 2.27. The van der Waals surface area contributed by atoms with Gasteiger partial charge in [-0.3, -0.25) is 14.4 Å². The smallest absolute Gasteiger partial charge is 0.228 e. The summed E-state index contributed by atoms with van der Waals surface area (Å²) < 4.78 is 0. The summed E-state index contributed by atoms with van der Waals surface area (Å²) in [7, 11) is 0. The molecule has 5 rings (SSSR count). The van der Waals surface area contributed by atoms with Gasteiger partial charge in [-0.1, -0.05) is 36.4 Å². The van der Waals surface area contributed by atoms with Crippen molar-refractivity contribution in [3.05, 3.63) is 42.5 Å². The molecule has 2 heterocycles. The van der Waals surface area contributed by atoms with E-state index in [1.165, 1.54) is 0 Å². The molecule has 0 spiro atoms. The molecule has 3 fully saturated rings. The Labute approximate surface area is 170 Å². The zero-order valence-electron chi connectivity index (χ0n) is 16.4. The second-order valence-electron chi connectivity index (χ2n) is 8.33. The Morgan fingerprint density at radius 1 is 0.793 bits per heavy atom. The number of benzene rings is 2. The number of rotatable bonds is 3. The largest absolute Gasteiger partial charge is 0.339 e. The SMILES string of the molecule is O=C(C1CC1)N1CCN(C(=O)[C@H]2CC(=O)N(c3cccc4ccccc34)C2)CC1. The molecular formula is C23H25N3O3. The Morgan fingerprint density at radius 3 is 2.10 bits per heavy atom. The molecule has 0 radical (unpaired) electrons. The monoisotopic (exact) mass is 391 g/mol. The fourth-order valence-electron chi connectivity index (χ4n) is 4.54. The van der Waals surface area contributed by atoms with Crippen LogP contribution in [0, 0.1) is 11.8 Å². The van der Waals surface area contributed by atoms with E-state index in [-0.39, 0.29) is 36.0 Å². The molecule has 3 aliphatic rings. The number of fused-ring (bicyclic) bond motifs is 1. The molecule has 3 amide bonds. The van der Waals surface area contributed by atoms with E-state index in [9.17, 15) is 14.4 Å². The molecule has 2 aromatic rings. The Kier molecular flexibility index (Phi) is 4.49. The number of anilines is 1. The minimum Gasteiger partial charge on any atom is -0.339 e. The van der Waals surface area contributed by atoms with Gasteiger partial charge in [-0.15, -0.1) is 0 Å². The minimum atomic E-state index is -0.313. The van der Waals surface area contributed by atoms with Crippen LogP contribution in [0.2, 0.25) is 0 Å². The van der Waals surface area contributed by atoms with Crippen LogP contribution in [0.25, 0.3) is 10.8 Å². The van der Waals surface area contributed by atoms with E-state index in [2.05, 4.69) is 0 Å². The summed E-state index contributed by atoms with van der Waals surface area (Å²) in [6.45, 7) is 2.77. The highest BCUT2D eigenvalue weighted by molar-refractivity contribution is 6.07. The van der Waals surface area contributed by atoms with Crippen LogP contribution in [-0.4, -0.2) is 60.2 Å². The maximum atomic E-state index is 13.1. The maximum Gasteiger partial charge on any atom is 0.228 e. The van der Waals surface area contributed by atoms with Gasteiger partial charge in [-0.25, -0.2) is 0 Å². The lowest BCUT2D eigenvalue weighted by Gasteiger charge is -2.36. The molecule has 2 aliphatic heterocycles. The van der Waals surface area contributed by atoms with Crippen LogP contribution in [0.5, 0.6) is 0 Å². The van der Waals surface area contributed by atoms with Crippen molar-refractivity contribution in [2.45, 2.75) is 19.3 Å². The summed E-state index contributed by atoms with van der Waals surface area (Å²) in [6, 6.07) is 13.9. The van der Waals surface area contributed by atoms with Gasteiger partial charge in [0.15, 0.2) is 0 Å². The lowest BCUT2D eigenvalue weighted by molar-refractivity contribution is -0.142. The van der Waals surface area contributed by atoms with Gasteiger partial charge in [-0.2, -0.15) is 0 Å². The molecule has 1 aliphatic carbocycles. The Morgan fingerprint density at radius 2 is 1.41 bits per heavy atom. The molecule has 6 nitrogen and oxygen atoms in total. The average Bonchev–Trinajstić information content (AvgIpc) is 3.54. The summed E-state index contributed by atoms with van der Waals surface area (Å²) in [4.78, 5) is 43.5. The Bertz CT molecular complexity index is 971. The second kappa shape index (κ2) is 7.17. The lowest BCUT2D eigenvalue weighted by atomic mass is 10.1. The van der Waals surface area contributed by atoms with Crippen LogP contribution in [0.4, 0.5) is 5.69 Å². The van der Waals surface area contributed by atoms with E-state index in [4.69, 9.17) is 0 Å². The molecule has 0 unspecified atom stereocenters. The molecule has 29 heavy (non-hydrogen) atoms. The molecular weight excluding hydrogens is 366 g/mol. The topological polar surface area (TPSA) is 60.9 Å². The van der Waals surface area contributed by atoms with Gasteiger partial charge in [0, 0.05) is 50.4 Å². The first-order valence-electron chi connectivity index (χ1n) is 10.5. The van der Waals surface area contributed by atoms with Crippen LogP contribution in [0.3, 0.4) is 0 Å². The van der Waals surface area contributed by atoms with E-state index in [1.54, 1.807) is 4.90 Å². The number of hydrogen-bond donors (Lipinski definition) is 0. The van der Waals surface area contributed by atoms with Crippen molar-refractivity contribution < 1.29 is 14.4 Å². The van der Waals surface area contributed by atoms with E-state index >= 15 is 0 Å². The molecule has 2 saturated heterocycles. The molecule has 1 atom stereocenters. The minimum absolute atomic E-state index is 0.00208. The summed E-state index contributed by atoms with van der Waals surface area (Å²) in [5.41, 5.74) is 0.878. The average molecular weight is 391 g/mol. The van der Waals surface area contributed by atoms with Crippen LogP contribution in [0.1, 0.15) is 19.3 Å². The Hall–Kier alpha value is -2.89. The van der Waals surface area contributed by atoms with Gasteiger partial charge < -0.3 is 14.7 Å². The third kappa shape index (κ3) is 3.37. The zero-order valence-corrected chi connectivity index (χ0v) is 16.4. The zero-order chi connectivity index (χ0) is 20.0. The maximum absolute atomic E-state index is 13.1. The first-order chi connectivity index (χ1) is 14.1. The standard InChI is InChI=1S/C23H25N3O3/c27-21-14-18(15-26(21)20-7-3-5-16-4-1-2-6-19(16)20)23(29)25-12-10-24(11-13-25)22(28)17-8-9-17/h1-7,17-18H,8-15H2/t18-/m0/s1. The van der Waals surface area contributed by atoms with Crippen molar-refractivity contribution in [3.8, 4) is 0 Å². The van der Waals surface area contributed by atoms with E-state index in [0.29, 0.717) is 32.7 Å². The third-order valence-corrected chi connectivity index (χ3v) is 6.36. The highest BCUT2D eigenvalue weighted by atomic mass is 16.2. The van der Waals surface area contributed by atoms with Crippen LogP contribution in [-0.2, 0) is 14.4 Å². The van der Waals surface area contributed by atoms with Gasteiger partial charge >= 0.3 is 0 Å². The fraction of sp³-hybridized carbons (Fsp3) is 0.435. The van der Waals surface area contributed by atoms with Gasteiger partial charge in [0.05, 0.1) is 11.6 Å². The number of carbonyl (C=O) groups excluding carboxylic acids is 3. The first-order valence-corrected chi connectivity index (χ1v) is 10.5. The van der Waals surface area contributed by atoms with Crippen molar-refractivity contribution in [3.63, 3.8) is 0 Å². The lowest BCUT2D eigenvalue weighted by Crippen LogP contribution is -2.52. The van der Waals surface area contributed by atoms with Crippen LogP contribution in [0.15, 0.2) is 42.5 Å². The molecule has 0 N–H and O–H groups in total. The van der Waals surface area contributed by atoms with Crippen molar-refractivity contribution in [2.24, 2.45) is 11.8 Å². The van der Waals surface area contributed by atoms with Crippen molar-refractivity contribution in [2.75, 3.05) is 37.6 Å². The fourth-order valence-corrected chi connectivity index (χ4v) is 4.54. The van der Waals surface area contributed by atoms with Crippen LogP contribution >= 0.6 is 0 Å². The molecule has 0 bridgehead atoms. The number of nitrogens with zero attached hydrogens (tertiary/aromatic N) is 3. The van der Waals surface area contributed by atoms with Crippen LogP contribution < -0.4 is 4.90 Å². The summed E-state index contributed by atoms with van der Waals surface area (Å²) >= 11 is 0. The van der Waals surface area contributed by atoms with Gasteiger partial charge in [0.25, 0.3) is 0 Å². The normalized spacial score (nSPS) is 22.4. The number of carbonyl (C=O) groups is 3. The van der Waals surface area contributed by atoms with Gasteiger partial charge in [-0.05, 0) is 24.3 Å². The van der Waals surface area contributed by atoms with Crippen molar-refractivity contribution >= 4 is 34.2 Å². The first kappa shape index (κ1) is 18.2. The number of amides is 3. The van der Waals surface area contributed by atoms with E-state index < -0.39 is 0 Å². The van der Waals surface area contributed by atoms with Crippen molar-refractivity contribution in [1.29, 1.82) is 0 Å². The summed E-state index contributed by atoms with van der Waals surface area (Å²) in [5.74, 6) is 0.197. The molecule has 6 heteroatoms. The van der Waals surface area contributed by atoms with E-state index in [0.717, 1.165) is 29.3 Å². The highest BCUT2D eigenvalue weighted by Crippen LogP contribution is 2.33. The third-order valence-electron chi connectivity index (χ3n) is 6.36. The second-order valence-corrected chi connectivity index (χ2v) is 8.33. The van der Waals surface area contributed by atoms with E-state index in [1.807, 2.05) is 52.3 Å². The molecule has 2 aromatic carbocycles. The quantitative estimate of drug-likeness (QED) is 0.807. The Balaban J connectivity index is 1.26. The van der Waals surface area contributed by atoms with Crippen molar-refractivity contribution in [1.82, 2.24) is 9.80 Å². The highest BCUT2D eigenvalue weighted by Gasteiger charge is 2.40. The summed E-state index contributed by atoms with van der Waals surface area (Å²) in [5, 5.41) is 2.12.